The van der Waals surface area contributed by atoms with Crippen molar-refractivity contribution in [3.8, 4) is 11.5 Å². The molecule has 0 aromatic heterocycles. The highest BCUT2D eigenvalue weighted by Crippen LogP contribution is 2.32. The van der Waals surface area contributed by atoms with Gasteiger partial charge >= 0.3 is 0 Å². The summed E-state index contributed by atoms with van der Waals surface area (Å²) >= 11 is 0. The zero-order chi connectivity index (χ0) is 17.5. The van der Waals surface area contributed by atoms with Gasteiger partial charge in [0.15, 0.2) is 11.5 Å². The van der Waals surface area contributed by atoms with E-state index in [1.165, 1.54) is 48.8 Å². The SMILES string of the molecule is COc1cccc(CNC2CCCCC2)c1OCc1ccccc1C. The van der Waals surface area contributed by atoms with Crippen molar-refractivity contribution in [2.75, 3.05) is 7.11 Å². The molecule has 1 aliphatic rings. The van der Waals surface area contributed by atoms with Crippen molar-refractivity contribution in [2.24, 2.45) is 0 Å². The van der Waals surface area contributed by atoms with E-state index in [9.17, 15) is 0 Å². The second-order valence-electron chi connectivity index (χ2n) is 6.88. The van der Waals surface area contributed by atoms with E-state index in [0.29, 0.717) is 12.6 Å². The number of ether oxygens (including phenoxy) is 2. The minimum atomic E-state index is 0.559. The summed E-state index contributed by atoms with van der Waals surface area (Å²) in [4.78, 5) is 0. The van der Waals surface area contributed by atoms with Crippen LogP contribution in [0.25, 0.3) is 0 Å². The van der Waals surface area contributed by atoms with Gasteiger partial charge in [-0.15, -0.1) is 0 Å². The molecule has 1 aliphatic carbocycles. The largest absolute Gasteiger partial charge is 0.493 e. The van der Waals surface area contributed by atoms with Crippen LogP contribution in [-0.4, -0.2) is 13.2 Å². The van der Waals surface area contributed by atoms with Gasteiger partial charge in [-0.3, -0.25) is 0 Å². The maximum absolute atomic E-state index is 6.20. The molecule has 1 N–H and O–H groups in total. The molecular formula is C22H29NO2. The number of methoxy groups -OCH3 is 1. The van der Waals surface area contributed by atoms with Crippen LogP contribution in [0.3, 0.4) is 0 Å². The molecule has 3 rings (SSSR count). The van der Waals surface area contributed by atoms with E-state index in [2.05, 4.69) is 42.6 Å². The summed E-state index contributed by atoms with van der Waals surface area (Å²) in [6.07, 6.45) is 6.62. The molecule has 2 aromatic carbocycles. The highest BCUT2D eigenvalue weighted by molar-refractivity contribution is 5.47. The van der Waals surface area contributed by atoms with Gasteiger partial charge in [-0.05, 0) is 37.0 Å². The van der Waals surface area contributed by atoms with E-state index in [1.54, 1.807) is 7.11 Å². The summed E-state index contributed by atoms with van der Waals surface area (Å²) in [5.74, 6) is 1.66. The molecule has 0 spiro atoms. The van der Waals surface area contributed by atoms with Gasteiger partial charge < -0.3 is 14.8 Å². The molecule has 0 amide bonds. The fourth-order valence-corrected chi connectivity index (χ4v) is 3.51. The van der Waals surface area contributed by atoms with E-state index in [0.717, 1.165) is 18.0 Å². The molecule has 3 nitrogen and oxygen atoms in total. The predicted molar refractivity (Wildman–Crippen MR) is 102 cm³/mol. The fourth-order valence-electron chi connectivity index (χ4n) is 3.51. The van der Waals surface area contributed by atoms with E-state index in [4.69, 9.17) is 9.47 Å². The second kappa shape index (κ2) is 8.91. The van der Waals surface area contributed by atoms with E-state index in [1.807, 2.05) is 12.1 Å². The molecule has 1 saturated carbocycles. The Morgan fingerprint density at radius 1 is 0.960 bits per heavy atom. The van der Waals surface area contributed by atoms with Gasteiger partial charge in [0.2, 0.25) is 0 Å². The van der Waals surface area contributed by atoms with Crippen molar-refractivity contribution in [3.63, 3.8) is 0 Å². The van der Waals surface area contributed by atoms with Crippen LogP contribution in [0.15, 0.2) is 42.5 Å². The summed E-state index contributed by atoms with van der Waals surface area (Å²) in [5.41, 5.74) is 3.62. The van der Waals surface area contributed by atoms with Gasteiger partial charge in [0.05, 0.1) is 7.11 Å². The molecule has 25 heavy (non-hydrogen) atoms. The Balaban J connectivity index is 1.70. The summed E-state index contributed by atoms with van der Waals surface area (Å²) in [6, 6.07) is 15.1. The van der Waals surface area contributed by atoms with Crippen LogP contribution < -0.4 is 14.8 Å². The molecule has 3 heteroatoms. The number of hydrogen-bond donors (Lipinski definition) is 1. The molecule has 0 aliphatic heterocycles. The molecule has 2 aromatic rings. The van der Waals surface area contributed by atoms with Gasteiger partial charge in [0.25, 0.3) is 0 Å². The van der Waals surface area contributed by atoms with E-state index < -0.39 is 0 Å². The van der Waals surface area contributed by atoms with Crippen LogP contribution in [-0.2, 0) is 13.2 Å². The third kappa shape index (κ3) is 4.76. The van der Waals surface area contributed by atoms with E-state index in [-0.39, 0.29) is 0 Å². The molecule has 134 valence electrons. The monoisotopic (exact) mass is 339 g/mol. The molecule has 1 fully saturated rings. The van der Waals surface area contributed by atoms with Crippen LogP contribution >= 0.6 is 0 Å². The maximum Gasteiger partial charge on any atom is 0.166 e. The van der Waals surface area contributed by atoms with Crippen molar-refractivity contribution in [1.29, 1.82) is 0 Å². The zero-order valence-electron chi connectivity index (χ0n) is 15.4. The smallest absolute Gasteiger partial charge is 0.166 e. The standard InChI is InChI=1S/C22H29NO2/c1-17-9-6-7-10-19(17)16-25-22-18(11-8-14-21(22)24-2)15-23-20-12-4-3-5-13-20/h6-11,14,20,23H,3-5,12-13,15-16H2,1-2H3. The summed E-state index contributed by atoms with van der Waals surface area (Å²) in [7, 11) is 1.70. The van der Waals surface area contributed by atoms with Crippen molar-refractivity contribution in [3.05, 3.63) is 59.2 Å². The number of rotatable bonds is 7. The third-order valence-corrected chi connectivity index (χ3v) is 5.10. The number of benzene rings is 2. The zero-order valence-corrected chi connectivity index (χ0v) is 15.4. The molecule has 0 radical (unpaired) electrons. The average Bonchev–Trinajstić information content (AvgIpc) is 2.66. The number of para-hydroxylation sites is 1. The normalized spacial score (nSPS) is 15.1. The first-order chi connectivity index (χ1) is 12.3. The summed E-state index contributed by atoms with van der Waals surface area (Å²) in [5, 5.41) is 3.70. The fraction of sp³-hybridized carbons (Fsp3) is 0.455. The van der Waals surface area contributed by atoms with Crippen molar-refractivity contribution < 1.29 is 9.47 Å². The van der Waals surface area contributed by atoms with Crippen LogP contribution in [0, 0.1) is 6.92 Å². The van der Waals surface area contributed by atoms with Crippen LogP contribution in [0.2, 0.25) is 0 Å². The first kappa shape index (κ1) is 17.8. The topological polar surface area (TPSA) is 30.5 Å². The van der Waals surface area contributed by atoms with Gasteiger partial charge in [0.1, 0.15) is 6.61 Å². The highest BCUT2D eigenvalue weighted by atomic mass is 16.5. The minimum Gasteiger partial charge on any atom is -0.493 e. The first-order valence-electron chi connectivity index (χ1n) is 9.34. The number of nitrogens with one attached hydrogen (secondary N) is 1. The Hall–Kier alpha value is -2.00. The maximum atomic E-state index is 6.20. The Labute approximate surface area is 151 Å². The Kier molecular flexibility index (Phi) is 6.35. The lowest BCUT2D eigenvalue weighted by atomic mass is 9.95. The predicted octanol–water partition coefficient (Wildman–Crippen LogP) is 5.00. The van der Waals surface area contributed by atoms with Crippen molar-refractivity contribution >= 4 is 0 Å². The molecule has 0 bridgehead atoms. The number of aryl methyl sites for hydroxylation is 1. The van der Waals surface area contributed by atoms with Gasteiger partial charge in [0, 0.05) is 18.2 Å². The number of hydrogen-bond acceptors (Lipinski definition) is 3. The van der Waals surface area contributed by atoms with Crippen molar-refractivity contribution in [2.45, 2.75) is 58.2 Å². The lowest BCUT2D eigenvalue weighted by Gasteiger charge is -2.24. The first-order valence-corrected chi connectivity index (χ1v) is 9.34. The van der Waals surface area contributed by atoms with Crippen LogP contribution in [0.1, 0.15) is 48.8 Å². The minimum absolute atomic E-state index is 0.559. The van der Waals surface area contributed by atoms with Gasteiger partial charge in [-0.2, -0.15) is 0 Å². The van der Waals surface area contributed by atoms with Crippen LogP contribution in [0.4, 0.5) is 0 Å². The Morgan fingerprint density at radius 3 is 2.48 bits per heavy atom. The van der Waals surface area contributed by atoms with E-state index >= 15 is 0 Å². The highest BCUT2D eigenvalue weighted by Gasteiger charge is 2.15. The molecule has 0 heterocycles. The Bertz CT molecular complexity index is 677. The van der Waals surface area contributed by atoms with Gasteiger partial charge in [-0.1, -0.05) is 55.7 Å². The third-order valence-electron chi connectivity index (χ3n) is 5.10. The quantitative estimate of drug-likeness (QED) is 0.769. The lowest BCUT2D eigenvalue weighted by molar-refractivity contribution is 0.278. The second-order valence-corrected chi connectivity index (χ2v) is 6.88. The molecular weight excluding hydrogens is 310 g/mol. The van der Waals surface area contributed by atoms with Gasteiger partial charge in [-0.25, -0.2) is 0 Å². The lowest BCUT2D eigenvalue weighted by Crippen LogP contribution is -2.30. The summed E-state index contributed by atoms with van der Waals surface area (Å²) in [6.45, 7) is 3.50. The van der Waals surface area contributed by atoms with Crippen LogP contribution in [0.5, 0.6) is 11.5 Å². The average molecular weight is 339 g/mol. The molecule has 0 unspecified atom stereocenters. The Morgan fingerprint density at radius 2 is 1.72 bits per heavy atom. The molecule has 0 atom stereocenters. The van der Waals surface area contributed by atoms with Crippen molar-refractivity contribution in [1.82, 2.24) is 5.32 Å². The summed E-state index contributed by atoms with van der Waals surface area (Å²) < 4.78 is 11.7. The molecule has 0 saturated heterocycles.